The lowest BCUT2D eigenvalue weighted by Crippen LogP contribution is -2.46. The number of amides is 1. The number of aromatic nitrogens is 1. The maximum atomic E-state index is 13.4. The molecule has 0 radical (unpaired) electrons. The number of ether oxygens (including phenoxy) is 1. The lowest BCUT2D eigenvalue weighted by molar-refractivity contribution is -0.119. The predicted molar refractivity (Wildman–Crippen MR) is 134 cm³/mol. The second-order valence-electron chi connectivity index (χ2n) is 9.44. The van der Waals surface area contributed by atoms with Crippen molar-refractivity contribution < 1.29 is 13.9 Å². The Balaban J connectivity index is 1.55. The molecule has 0 bridgehead atoms. The largest absolute Gasteiger partial charge is 0.481 e. The van der Waals surface area contributed by atoms with Gasteiger partial charge in [0, 0.05) is 29.6 Å². The molecule has 3 aromatic rings. The number of nitrogens with zero attached hydrogens (tertiary/aromatic N) is 1. The van der Waals surface area contributed by atoms with Gasteiger partial charge in [-0.2, -0.15) is 0 Å². The summed E-state index contributed by atoms with van der Waals surface area (Å²) in [6.07, 6.45) is 5.89. The fraction of sp³-hybridized carbons (Fsp3) is 0.286. The summed E-state index contributed by atoms with van der Waals surface area (Å²) < 4.78 is 18.7. The summed E-state index contributed by atoms with van der Waals surface area (Å²) in [7, 11) is 0. The van der Waals surface area contributed by atoms with E-state index in [2.05, 4.69) is 10.9 Å². The molecule has 7 heteroatoms. The molecule has 3 N–H and O–H groups in total. The number of nitrogens with one attached hydrogen (secondary N) is 1. The molecule has 0 saturated carbocycles. The van der Waals surface area contributed by atoms with Gasteiger partial charge in [-0.25, -0.2) is 4.39 Å². The van der Waals surface area contributed by atoms with Crippen molar-refractivity contribution in [3.05, 3.63) is 93.2 Å². The van der Waals surface area contributed by atoms with E-state index in [1.54, 1.807) is 35.2 Å². The maximum Gasteiger partial charge on any atom is 0.251 e. The molecular formula is C28H28FN3O3. The summed E-state index contributed by atoms with van der Waals surface area (Å²) in [4.78, 5) is 30.9. The van der Waals surface area contributed by atoms with E-state index in [1.165, 1.54) is 12.1 Å². The van der Waals surface area contributed by atoms with Gasteiger partial charge in [0.25, 0.3) is 5.56 Å². The van der Waals surface area contributed by atoms with Gasteiger partial charge < -0.3 is 20.4 Å². The summed E-state index contributed by atoms with van der Waals surface area (Å²) in [5, 5.41) is 0. The number of hydrogen-bond donors (Lipinski definition) is 2. The van der Waals surface area contributed by atoms with Crippen LogP contribution < -0.4 is 20.9 Å². The first-order valence-corrected chi connectivity index (χ1v) is 11.4. The van der Waals surface area contributed by atoms with Crippen molar-refractivity contribution in [1.82, 2.24) is 4.98 Å². The van der Waals surface area contributed by atoms with E-state index in [4.69, 9.17) is 16.9 Å². The lowest BCUT2D eigenvalue weighted by Gasteiger charge is -2.23. The average molecular weight is 474 g/mol. The number of anilines is 1. The van der Waals surface area contributed by atoms with Gasteiger partial charge >= 0.3 is 0 Å². The van der Waals surface area contributed by atoms with Crippen LogP contribution in [0.4, 0.5) is 10.1 Å². The zero-order valence-corrected chi connectivity index (χ0v) is 19.8. The summed E-state index contributed by atoms with van der Waals surface area (Å²) in [5.41, 5.74) is 9.26. The van der Waals surface area contributed by atoms with E-state index in [0.717, 1.165) is 11.1 Å². The number of terminal acetylenes is 1. The molecule has 0 unspecified atom stereocenters. The fourth-order valence-electron chi connectivity index (χ4n) is 4.39. The number of pyridine rings is 1. The molecule has 1 aliphatic rings. The van der Waals surface area contributed by atoms with Crippen molar-refractivity contribution >= 4 is 11.6 Å². The summed E-state index contributed by atoms with van der Waals surface area (Å²) in [5.74, 6) is 2.52. The third-order valence-corrected chi connectivity index (χ3v) is 6.21. The number of hydrogen-bond acceptors (Lipinski definition) is 4. The number of fused-ring (bicyclic) bond motifs is 1. The number of carbonyl (C=O) groups is 1. The minimum atomic E-state index is -0.762. The van der Waals surface area contributed by atoms with Gasteiger partial charge in [0.1, 0.15) is 18.2 Å². The zero-order valence-electron chi connectivity index (χ0n) is 19.8. The van der Waals surface area contributed by atoms with Crippen LogP contribution in [0.5, 0.6) is 5.75 Å². The Hall–Kier alpha value is -3.89. The number of H-pyrrole nitrogens is 1. The Labute approximate surface area is 203 Å². The van der Waals surface area contributed by atoms with E-state index in [9.17, 15) is 14.0 Å². The van der Waals surface area contributed by atoms with Crippen molar-refractivity contribution in [3.8, 4) is 18.1 Å². The van der Waals surface area contributed by atoms with E-state index >= 15 is 0 Å². The minimum absolute atomic E-state index is 0.187. The van der Waals surface area contributed by atoms with Gasteiger partial charge in [-0.15, -0.1) is 6.42 Å². The van der Waals surface area contributed by atoms with Gasteiger partial charge in [-0.3, -0.25) is 9.59 Å². The molecule has 1 aliphatic heterocycles. The first kappa shape index (κ1) is 24.2. The number of rotatable bonds is 7. The van der Waals surface area contributed by atoms with E-state index in [0.29, 0.717) is 42.1 Å². The second-order valence-corrected chi connectivity index (χ2v) is 9.44. The van der Waals surface area contributed by atoms with Crippen molar-refractivity contribution in [1.29, 1.82) is 0 Å². The molecule has 1 atom stereocenters. The predicted octanol–water partition coefficient (Wildman–Crippen LogP) is 3.31. The molecule has 0 spiro atoms. The molecule has 1 aromatic heterocycles. The third kappa shape index (κ3) is 5.28. The van der Waals surface area contributed by atoms with Gasteiger partial charge in [-0.1, -0.05) is 44.0 Å². The van der Waals surface area contributed by atoms with Crippen LogP contribution in [0.1, 0.15) is 36.2 Å². The SMILES string of the molecule is C#CCOc1ccc(C[C@H](N)C(=O)N2CC(C)(C)c3[nH]c(=O)c(Cc4ccc(F)cc4)cc32)cc1. The highest BCUT2D eigenvalue weighted by Gasteiger charge is 2.40. The number of carbonyl (C=O) groups excluding carboxylic acids is 1. The molecule has 0 saturated heterocycles. The second kappa shape index (κ2) is 9.77. The molecule has 2 aromatic carbocycles. The number of aromatic amines is 1. The topological polar surface area (TPSA) is 88.4 Å². The normalized spacial score (nSPS) is 14.8. The molecule has 6 nitrogen and oxygen atoms in total. The van der Waals surface area contributed by atoms with Crippen LogP contribution in [0.3, 0.4) is 0 Å². The Bertz CT molecular complexity index is 1320. The molecule has 4 rings (SSSR count). The van der Waals surface area contributed by atoms with Crippen molar-refractivity contribution in [3.63, 3.8) is 0 Å². The van der Waals surface area contributed by atoms with E-state index in [1.807, 2.05) is 26.0 Å². The molecule has 0 fully saturated rings. The number of halogens is 1. The van der Waals surface area contributed by atoms with E-state index in [-0.39, 0.29) is 23.9 Å². The first-order chi connectivity index (χ1) is 16.7. The number of nitrogens with two attached hydrogens (primary N) is 1. The molecule has 1 amide bonds. The highest BCUT2D eigenvalue weighted by Crippen LogP contribution is 2.39. The Morgan fingerprint density at radius 2 is 1.86 bits per heavy atom. The number of benzene rings is 2. The van der Waals surface area contributed by atoms with Crippen molar-refractivity contribution in [2.24, 2.45) is 5.73 Å². The smallest absolute Gasteiger partial charge is 0.251 e. The Morgan fingerprint density at radius 3 is 2.51 bits per heavy atom. The summed E-state index contributed by atoms with van der Waals surface area (Å²) in [6, 6.07) is 14.3. The molecule has 2 heterocycles. The Kier molecular flexibility index (Phi) is 6.77. The fourth-order valence-corrected chi connectivity index (χ4v) is 4.39. The highest BCUT2D eigenvalue weighted by atomic mass is 19.1. The van der Waals surface area contributed by atoms with Gasteiger partial charge in [-0.05, 0) is 47.9 Å². The van der Waals surface area contributed by atoms with E-state index < -0.39 is 11.5 Å². The van der Waals surface area contributed by atoms with Crippen LogP contribution in [0.2, 0.25) is 0 Å². The average Bonchev–Trinajstić information content (AvgIpc) is 3.09. The standard InChI is InChI=1S/C28H28FN3O3/c1-4-13-35-22-11-7-19(8-12-22)15-23(30)27(34)32-17-28(2,3)25-24(32)16-20(26(33)31-25)14-18-5-9-21(29)10-6-18/h1,5-12,16,23H,13-15,17,30H2,2-3H3,(H,31,33)/t23-/m0/s1. The van der Waals surface area contributed by atoms with Crippen LogP contribution >= 0.6 is 0 Å². The summed E-state index contributed by atoms with van der Waals surface area (Å²) in [6.45, 7) is 4.56. The van der Waals surface area contributed by atoms with Gasteiger partial charge in [0.05, 0.1) is 11.7 Å². The van der Waals surface area contributed by atoms with Crippen LogP contribution in [-0.2, 0) is 23.1 Å². The maximum absolute atomic E-state index is 13.4. The highest BCUT2D eigenvalue weighted by molar-refractivity contribution is 5.99. The van der Waals surface area contributed by atoms with Gasteiger partial charge in [0.2, 0.25) is 5.91 Å². The van der Waals surface area contributed by atoms with Crippen molar-refractivity contribution in [2.75, 3.05) is 18.1 Å². The van der Waals surface area contributed by atoms with Crippen LogP contribution in [0.25, 0.3) is 0 Å². The van der Waals surface area contributed by atoms with Crippen LogP contribution in [0, 0.1) is 18.2 Å². The molecular weight excluding hydrogens is 445 g/mol. The summed E-state index contributed by atoms with van der Waals surface area (Å²) >= 11 is 0. The monoisotopic (exact) mass is 473 g/mol. The molecule has 0 aliphatic carbocycles. The molecule has 35 heavy (non-hydrogen) atoms. The quantitative estimate of drug-likeness (QED) is 0.516. The van der Waals surface area contributed by atoms with Crippen LogP contribution in [-0.4, -0.2) is 30.1 Å². The van der Waals surface area contributed by atoms with Crippen molar-refractivity contribution in [2.45, 2.75) is 38.1 Å². The minimum Gasteiger partial charge on any atom is -0.481 e. The Morgan fingerprint density at radius 1 is 1.20 bits per heavy atom. The van der Waals surface area contributed by atoms with Gasteiger partial charge in [0.15, 0.2) is 0 Å². The van der Waals surface area contributed by atoms with Crippen LogP contribution in [0.15, 0.2) is 59.4 Å². The zero-order chi connectivity index (χ0) is 25.2. The first-order valence-electron chi connectivity index (χ1n) is 11.4. The third-order valence-electron chi connectivity index (χ3n) is 6.21. The molecule has 180 valence electrons. The lowest BCUT2D eigenvalue weighted by atomic mass is 9.91.